The van der Waals surface area contributed by atoms with Crippen LogP contribution < -0.4 is 4.90 Å². The van der Waals surface area contributed by atoms with Crippen LogP contribution in [0.1, 0.15) is 6.42 Å². The minimum Gasteiger partial charge on any atom is -0.370 e. The molecule has 1 N–H and O–H groups in total. The summed E-state index contributed by atoms with van der Waals surface area (Å²) >= 11 is 6.19. The normalized spacial score (nSPS) is 18.1. The van der Waals surface area contributed by atoms with Crippen molar-refractivity contribution in [2.24, 2.45) is 0 Å². The van der Waals surface area contributed by atoms with E-state index >= 15 is 0 Å². The lowest BCUT2D eigenvalue weighted by Gasteiger charge is -2.24. The number of aromatic amines is 1. The molecule has 114 valence electrons. The summed E-state index contributed by atoms with van der Waals surface area (Å²) < 4.78 is 24.9. The highest BCUT2D eigenvalue weighted by atomic mass is 35.5. The molecule has 1 aromatic heterocycles. The number of hydrogen-bond donors (Lipinski definition) is 1. The van der Waals surface area contributed by atoms with Crippen molar-refractivity contribution in [2.75, 3.05) is 37.3 Å². The fraction of sp³-hybridized carbons (Fsp3) is 0.429. The van der Waals surface area contributed by atoms with Crippen LogP contribution in [0.4, 0.5) is 5.69 Å². The van der Waals surface area contributed by atoms with Gasteiger partial charge in [-0.3, -0.25) is 0 Å². The van der Waals surface area contributed by atoms with Crippen LogP contribution in [-0.2, 0) is 10.0 Å². The van der Waals surface area contributed by atoms with Gasteiger partial charge < -0.3 is 9.88 Å². The van der Waals surface area contributed by atoms with Crippen molar-refractivity contribution < 1.29 is 8.42 Å². The van der Waals surface area contributed by atoms with E-state index in [0.29, 0.717) is 24.7 Å². The van der Waals surface area contributed by atoms with Crippen molar-refractivity contribution in [1.82, 2.24) is 9.29 Å². The topological polar surface area (TPSA) is 56.4 Å². The molecule has 3 rings (SSSR count). The molecule has 2 heterocycles. The molecular formula is C14H18ClN3O2S. The number of anilines is 1. The number of fused-ring (bicyclic) bond motifs is 1. The average Bonchev–Trinajstić information content (AvgIpc) is 2.71. The van der Waals surface area contributed by atoms with E-state index < -0.39 is 10.0 Å². The molecule has 1 aliphatic heterocycles. The van der Waals surface area contributed by atoms with E-state index in [1.165, 1.54) is 6.26 Å². The van der Waals surface area contributed by atoms with Gasteiger partial charge in [0.15, 0.2) is 0 Å². The Morgan fingerprint density at radius 3 is 2.76 bits per heavy atom. The van der Waals surface area contributed by atoms with Crippen LogP contribution >= 0.6 is 11.6 Å². The molecule has 21 heavy (non-hydrogen) atoms. The van der Waals surface area contributed by atoms with Crippen molar-refractivity contribution in [3.8, 4) is 0 Å². The summed E-state index contributed by atoms with van der Waals surface area (Å²) in [5, 5.41) is 1.80. The maximum absolute atomic E-state index is 11.7. The van der Waals surface area contributed by atoms with E-state index in [9.17, 15) is 8.42 Å². The van der Waals surface area contributed by atoms with E-state index in [1.807, 2.05) is 24.4 Å². The zero-order valence-corrected chi connectivity index (χ0v) is 13.4. The summed E-state index contributed by atoms with van der Waals surface area (Å²) in [6, 6.07) is 5.88. The minimum atomic E-state index is -3.12. The SMILES string of the molecule is CS(=O)(=O)N1CCCN(c2cc(Cl)cc3[nH]ccc23)CC1. The quantitative estimate of drug-likeness (QED) is 0.920. The second-order valence-corrected chi connectivity index (χ2v) is 7.79. The zero-order valence-electron chi connectivity index (χ0n) is 11.8. The van der Waals surface area contributed by atoms with Gasteiger partial charge in [0.05, 0.1) is 6.26 Å². The van der Waals surface area contributed by atoms with Crippen LogP contribution in [0, 0.1) is 0 Å². The van der Waals surface area contributed by atoms with E-state index in [1.54, 1.807) is 4.31 Å². The molecule has 1 saturated heterocycles. The number of halogens is 1. The van der Waals surface area contributed by atoms with E-state index in [2.05, 4.69) is 9.88 Å². The van der Waals surface area contributed by atoms with Gasteiger partial charge in [0, 0.05) is 54.0 Å². The monoisotopic (exact) mass is 327 g/mol. The fourth-order valence-corrected chi connectivity index (χ4v) is 3.93. The molecule has 0 bridgehead atoms. The van der Waals surface area contributed by atoms with E-state index in [0.717, 1.165) is 29.6 Å². The molecule has 1 aromatic carbocycles. The average molecular weight is 328 g/mol. The predicted molar refractivity (Wildman–Crippen MR) is 86.6 cm³/mol. The molecule has 0 atom stereocenters. The van der Waals surface area contributed by atoms with Gasteiger partial charge in [0.2, 0.25) is 10.0 Å². The fourth-order valence-electron chi connectivity index (χ4n) is 2.84. The number of aromatic nitrogens is 1. The largest absolute Gasteiger partial charge is 0.370 e. The first-order chi connectivity index (χ1) is 9.95. The number of benzene rings is 1. The lowest BCUT2D eigenvalue weighted by Crippen LogP contribution is -2.34. The van der Waals surface area contributed by atoms with Gasteiger partial charge >= 0.3 is 0 Å². The Hall–Kier alpha value is -1.24. The Labute approximate surface area is 129 Å². The van der Waals surface area contributed by atoms with Crippen molar-refractivity contribution in [2.45, 2.75) is 6.42 Å². The van der Waals surface area contributed by atoms with Gasteiger partial charge in [0.1, 0.15) is 0 Å². The first kappa shape index (κ1) is 14.7. The molecule has 1 aliphatic rings. The molecule has 0 radical (unpaired) electrons. The number of sulfonamides is 1. The molecule has 0 unspecified atom stereocenters. The Morgan fingerprint density at radius 2 is 2.00 bits per heavy atom. The van der Waals surface area contributed by atoms with Gasteiger partial charge in [-0.2, -0.15) is 0 Å². The van der Waals surface area contributed by atoms with Crippen molar-refractivity contribution in [1.29, 1.82) is 0 Å². The van der Waals surface area contributed by atoms with Gasteiger partial charge in [0.25, 0.3) is 0 Å². The number of H-pyrrole nitrogens is 1. The van der Waals surface area contributed by atoms with Crippen LogP contribution in [0.3, 0.4) is 0 Å². The molecule has 0 aliphatic carbocycles. The molecule has 0 saturated carbocycles. The summed E-state index contributed by atoms with van der Waals surface area (Å²) in [6.45, 7) is 2.59. The van der Waals surface area contributed by atoms with Crippen molar-refractivity contribution in [3.05, 3.63) is 29.4 Å². The number of rotatable bonds is 2. The molecule has 2 aromatic rings. The second kappa shape index (κ2) is 5.51. The number of nitrogens with one attached hydrogen (secondary N) is 1. The zero-order chi connectivity index (χ0) is 15.0. The first-order valence-electron chi connectivity index (χ1n) is 6.92. The maximum Gasteiger partial charge on any atom is 0.211 e. The summed E-state index contributed by atoms with van der Waals surface area (Å²) in [5.74, 6) is 0. The molecule has 0 amide bonds. The van der Waals surface area contributed by atoms with Crippen molar-refractivity contribution >= 4 is 38.2 Å². The molecule has 0 spiro atoms. The highest BCUT2D eigenvalue weighted by Crippen LogP contribution is 2.31. The van der Waals surface area contributed by atoms with Crippen LogP contribution in [0.25, 0.3) is 10.9 Å². The van der Waals surface area contributed by atoms with E-state index in [4.69, 9.17) is 11.6 Å². The smallest absolute Gasteiger partial charge is 0.211 e. The minimum absolute atomic E-state index is 0.511. The number of hydrogen-bond acceptors (Lipinski definition) is 3. The third kappa shape index (κ3) is 3.02. The standard InChI is InChI=1S/C14H18ClN3O2S/c1-21(19,20)18-6-2-5-17(7-8-18)14-10-11(15)9-13-12(14)3-4-16-13/h3-4,9-10,16H,2,5-8H2,1H3. The van der Waals surface area contributed by atoms with E-state index in [-0.39, 0.29) is 0 Å². The third-order valence-electron chi connectivity index (χ3n) is 3.88. The summed E-state index contributed by atoms with van der Waals surface area (Å²) in [5.41, 5.74) is 2.07. The van der Waals surface area contributed by atoms with Gasteiger partial charge in [-0.15, -0.1) is 0 Å². The van der Waals surface area contributed by atoms with Crippen molar-refractivity contribution in [3.63, 3.8) is 0 Å². The molecule has 5 nitrogen and oxygen atoms in total. The van der Waals surface area contributed by atoms with Crippen LogP contribution in [0.2, 0.25) is 5.02 Å². The summed E-state index contributed by atoms with van der Waals surface area (Å²) in [6.07, 6.45) is 3.98. The van der Waals surface area contributed by atoms with Crippen LogP contribution in [0.15, 0.2) is 24.4 Å². The van der Waals surface area contributed by atoms with Crippen LogP contribution in [0.5, 0.6) is 0 Å². The Bertz CT molecular complexity index is 757. The van der Waals surface area contributed by atoms with Gasteiger partial charge in [-0.05, 0) is 24.6 Å². The molecule has 7 heteroatoms. The Balaban J connectivity index is 1.91. The predicted octanol–water partition coefficient (Wildman–Crippen LogP) is 2.29. The second-order valence-electron chi connectivity index (χ2n) is 5.37. The first-order valence-corrected chi connectivity index (χ1v) is 9.14. The van der Waals surface area contributed by atoms with Gasteiger partial charge in [-0.1, -0.05) is 11.6 Å². The Morgan fingerprint density at radius 1 is 1.19 bits per heavy atom. The summed E-state index contributed by atoms with van der Waals surface area (Å²) in [7, 11) is -3.12. The maximum atomic E-state index is 11.7. The highest BCUT2D eigenvalue weighted by molar-refractivity contribution is 7.88. The molecule has 1 fully saturated rings. The van der Waals surface area contributed by atoms with Crippen LogP contribution in [-0.4, -0.2) is 50.1 Å². The molecular weight excluding hydrogens is 310 g/mol. The lowest BCUT2D eigenvalue weighted by atomic mass is 10.2. The lowest BCUT2D eigenvalue weighted by molar-refractivity contribution is 0.437. The summed E-state index contributed by atoms with van der Waals surface area (Å²) in [4.78, 5) is 5.39. The number of nitrogens with zero attached hydrogens (tertiary/aromatic N) is 2. The Kier molecular flexibility index (Phi) is 3.86. The van der Waals surface area contributed by atoms with Gasteiger partial charge in [-0.25, -0.2) is 12.7 Å². The highest BCUT2D eigenvalue weighted by Gasteiger charge is 2.22. The third-order valence-corrected chi connectivity index (χ3v) is 5.40.